The lowest BCUT2D eigenvalue weighted by atomic mass is 10.2. The second-order valence-electron chi connectivity index (χ2n) is 4.89. The molecule has 124 valence electrons. The predicted octanol–water partition coefficient (Wildman–Crippen LogP) is 3.22. The number of hydrogen-bond donors (Lipinski definition) is 2. The second-order valence-corrected chi connectivity index (χ2v) is 4.89. The number of amides is 1. The van der Waals surface area contributed by atoms with Gasteiger partial charge in [-0.3, -0.25) is 0 Å². The Kier molecular flexibility index (Phi) is 6.15. The lowest BCUT2D eigenvalue weighted by molar-refractivity contribution is 0.140. The molecule has 0 spiro atoms. The molecule has 0 fully saturated rings. The molecule has 0 heterocycles. The van der Waals surface area contributed by atoms with Gasteiger partial charge >= 0.3 is 6.09 Å². The number of benzene rings is 2. The molecule has 2 aromatic rings. The van der Waals surface area contributed by atoms with Gasteiger partial charge in [0.1, 0.15) is 18.2 Å². The fourth-order valence-corrected chi connectivity index (χ4v) is 1.82. The number of rotatable bonds is 4. The first kappa shape index (κ1) is 17.3. The summed E-state index contributed by atoms with van der Waals surface area (Å²) >= 11 is 0. The molecule has 3 N–H and O–H groups in total. The molecule has 24 heavy (non-hydrogen) atoms. The van der Waals surface area contributed by atoms with Gasteiger partial charge in [-0.05, 0) is 11.6 Å². The Morgan fingerprint density at radius 1 is 1.17 bits per heavy atom. The summed E-state index contributed by atoms with van der Waals surface area (Å²) in [5.74, 6) is 3.75. The molecule has 1 amide bonds. The van der Waals surface area contributed by atoms with E-state index in [0.29, 0.717) is 0 Å². The first-order valence-electron chi connectivity index (χ1n) is 7.24. The molecule has 0 bridgehead atoms. The molecular formula is C18H16F2N2O2. The standard InChI is InChI=1S/C18H16F2N2O2/c19-15-11-17(21)16(20)10-14(15)8-4-5-9-22-18(23)24-12-13-6-2-1-3-7-13/h1-3,6-7,10-11H,5,9,12,21H2,(H,22,23). The summed E-state index contributed by atoms with van der Waals surface area (Å²) in [7, 11) is 0. The molecule has 0 atom stereocenters. The van der Waals surface area contributed by atoms with E-state index in [1.807, 2.05) is 30.3 Å². The van der Waals surface area contributed by atoms with Crippen molar-refractivity contribution in [3.63, 3.8) is 0 Å². The van der Waals surface area contributed by atoms with Crippen LogP contribution in [0.25, 0.3) is 0 Å². The third-order valence-corrected chi connectivity index (χ3v) is 3.04. The first-order chi connectivity index (χ1) is 11.6. The van der Waals surface area contributed by atoms with Crippen LogP contribution in [-0.2, 0) is 11.3 Å². The van der Waals surface area contributed by atoms with Crippen molar-refractivity contribution in [3.05, 3.63) is 65.2 Å². The summed E-state index contributed by atoms with van der Waals surface area (Å²) in [6, 6.07) is 11.1. The first-order valence-corrected chi connectivity index (χ1v) is 7.24. The number of nitrogen functional groups attached to an aromatic ring is 1. The molecule has 0 aromatic heterocycles. The maximum atomic E-state index is 13.5. The molecule has 2 rings (SSSR count). The van der Waals surface area contributed by atoms with Crippen LogP contribution in [0, 0.1) is 23.5 Å². The highest BCUT2D eigenvalue weighted by atomic mass is 19.1. The fourth-order valence-electron chi connectivity index (χ4n) is 1.82. The molecule has 4 nitrogen and oxygen atoms in total. The molecule has 6 heteroatoms. The van der Waals surface area contributed by atoms with Gasteiger partial charge in [0, 0.05) is 19.0 Å². The number of carbonyl (C=O) groups excluding carboxylic acids is 1. The van der Waals surface area contributed by atoms with Crippen molar-refractivity contribution in [2.75, 3.05) is 12.3 Å². The van der Waals surface area contributed by atoms with E-state index in [9.17, 15) is 13.6 Å². The Hall–Kier alpha value is -3.07. The van der Waals surface area contributed by atoms with E-state index in [1.54, 1.807) is 0 Å². The van der Waals surface area contributed by atoms with E-state index in [4.69, 9.17) is 10.5 Å². The predicted molar refractivity (Wildman–Crippen MR) is 86.9 cm³/mol. The Morgan fingerprint density at radius 3 is 2.67 bits per heavy atom. The van der Waals surface area contributed by atoms with Crippen LogP contribution in [0.4, 0.5) is 19.3 Å². The maximum Gasteiger partial charge on any atom is 0.407 e. The minimum absolute atomic E-state index is 0.0756. The van der Waals surface area contributed by atoms with E-state index in [0.717, 1.165) is 17.7 Å². The number of halogens is 2. The van der Waals surface area contributed by atoms with E-state index in [1.165, 1.54) is 0 Å². The summed E-state index contributed by atoms with van der Waals surface area (Å²) < 4.78 is 31.7. The SMILES string of the molecule is Nc1cc(F)c(C#CCCNC(=O)OCc2ccccc2)cc1F. The second kappa shape index (κ2) is 8.53. The van der Waals surface area contributed by atoms with Crippen molar-refractivity contribution in [1.29, 1.82) is 0 Å². The van der Waals surface area contributed by atoms with Crippen LogP contribution in [-0.4, -0.2) is 12.6 Å². The van der Waals surface area contributed by atoms with Crippen molar-refractivity contribution in [2.45, 2.75) is 13.0 Å². The number of hydrogen-bond acceptors (Lipinski definition) is 3. The summed E-state index contributed by atoms with van der Waals surface area (Å²) in [5, 5.41) is 2.52. The summed E-state index contributed by atoms with van der Waals surface area (Å²) in [5.41, 5.74) is 5.79. The van der Waals surface area contributed by atoms with Gasteiger partial charge in [-0.15, -0.1) is 0 Å². The molecule has 0 aliphatic heterocycles. The van der Waals surface area contributed by atoms with E-state index < -0.39 is 17.7 Å². The summed E-state index contributed by atoms with van der Waals surface area (Å²) in [4.78, 5) is 11.5. The van der Waals surface area contributed by atoms with Crippen molar-refractivity contribution >= 4 is 11.8 Å². The minimum atomic E-state index is -0.719. The topological polar surface area (TPSA) is 64.3 Å². The van der Waals surface area contributed by atoms with Crippen LogP contribution in [0.5, 0.6) is 0 Å². The minimum Gasteiger partial charge on any atom is -0.445 e. The highest BCUT2D eigenvalue weighted by molar-refractivity contribution is 5.67. The summed E-state index contributed by atoms with van der Waals surface area (Å²) in [6.07, 6.45) is -0.295. The normalized spacial score (nSPS) is 9.75. The van der Waals surface area contributed by atoms with Crippen molar-refractivity contribution in [2.24, 2.45) is 0 Å². The maximum absolute atomic E-state index is 13.5. The molecular weight excluding hydrogens is 314 g/mol. The average Bonchev–Trinajstić information content (AvgIpc) is 2.58. The van der Waals surface area contributed by atoms with Crippen molar-refractivity contribution in [3.8, 4) is 11.8 Å². The number of nitrogens with two attached hydrogens (primary N) is 1. The van der Waals surface area contributed by atoms with Gasteiger partial charge in [0.25, 0.3) is 0 Å². The van der Waals surface area contributed by atoms with Crippen LogP contribution >= 0.6 is 0 Å². The largest absolute Gasteiger partial charge is 0.445 e. The third kappa shape index (κ3) is 5.29. The van der Waals surface area contributed by atoms with E-state index in [-0.39, 0.29) is 30.8 Å². The number of nitrogens with one attached hydrogen (secondary N) is 1. The molecule has 0 radical (unpaired) electrons. The molecule has 2 aromatic carbocycles. The smallest absolute Gasteiger partial charge is 0.407 e. The number of ether oxygens (including phenoxy) is 1. The summed E-state index contributed by atoms with van der Waals surface area (Å²) in [6.45, 7) is 0.411. The fraction of sp³-hybridized carbons (Fsp3) is 0.167. The van der Waals surface area contributed by atoms with Crippen LogP contribution in [0.1, 0.15) is 17.5 Å². The molecule has 0 saturated heterocycles. The van der Waals surface area contributed by atoms with Crippen molar-refractivity contribution < 1.29 is 18.3 Å². The van der Waals surface area contributed by atoms with Gasteiger partial charge in [-0.2, -0.15) is 0 Å². The van der Waals surface area contributed by atoms with E-state index in [2.05, 4.69) is 17.2 Å². The van der Waals surface area contributed by atoms with E-state index >= 15 is 0 Å². The van der Waals surface area contributed by atoms with Gasteiger partial charge in [-0.25, -0.2) is 13.6 Å². The Bertz CT molecular complexity index is 768. The zero-order valence-corrected chi connectivity index (χ0v) is 12.8. The van der Waals surface area contributed by atoms with Gasteiger partial charge in [0.2, 0.25) is 0 Å². The monoisotopic (exact) mass is 330 g/mol. The Morgan fingerprint density at radius 2 is 1.92 bits per heavy atom. The Labute approximate surface area is 138 Å². The highest BCUT2D eigenvalue weighted by Gasteiger charge is 2.05. The van der Waals surface area contributed by atoms with Crippen LogP contribution in [0.3, 0.4) is 0 Å². The van der Waals surface area contributed by atoms with Crippen molar-refractivity contribution in [1.82, 2.24) is 5.32 Å². The average molecular weight is 330 g/mol. The highest BCUT2D eigenvalue weighted by Crippen LogP contribution is 2.15. The van der Waals surface area contributed by atoms with Gasteiger partial charge in [-0.1, -0.05) is 42.2 Å². The molecule has 0 saturated carbocycles. The molecule has 0 aliphatic rings. The van der Waals surface area contributed by atoms with Gasteiger partial charge in [0.05, 0.1) is 11.3 Å². The van der Waals surface area contributed by atoms with Gasteiger partial charge < -0.3 is 15.8 Å². The molecule has 0 unspecified atom stereocenters. The Balaban J connectivity index is 1.73. The number of anilines is 1. The lowest BCUT2D eigenvalue weighted by Crippen LogP contribution is -2.24. The lowest BCUT2D eigenvalue weighted by Gasteiger charge is -2.05. The third-order valence-electron chi connectivity index (χ3n) is 3.04. The zero-order chi connectivity index (χ0) is 17.4. The quantitative estimate of drug-likeness (QED) is 0.514. The zero-order valence-electron chi connectivity index (χ0n) is 12.8. The van der Waals surface area contributed by atoms with Crippen LogP contribution < -0.4 is 11.1 Å². The molecule has 0 aliphatic carbocycles. The van der Waals surface area contributed by atoms with Crippen LogP contribution in [0.2, 0.25) is 0 Å². The van der Waals surface area contributed by atoms with Gasteiger partial charge in [0.15, 0.2) is 0 Å². The number of carbonyl (C=O) groups is 1. The van der Waals surface area contributed by atoms with Crippen LogP contribution in [0.15, 0.2) is 42.5 Å². The number of alkyl carbamates (subject to hydrolysis) is 1.